The van der Waals surface area contributed by atoms with E-state index in [9.17, 15) is 0 Å². The molecule has 0 spiro atoms. The van der Waals surface area contributed by atoms with Crippen LogP contribution in [-0.4, -0.2) is 5.54 Å². The molecule has 0 heterocycles. The molecule has 2 unspecified atom stereocenters. The van der Waals surface area contributed by atoms with Crippen LogP contribution in [0.3, 0.4) is 0 Å². The van der Waals surface area contributed by atoms with Crippen LogP contribution in [0.4, 0.5) is 0 Å². The Balaban J connectivity index is 2.36. The summed E-state index contributed by atoms with van der Waals surface area (Å²) in [6.07, 6.45) is 8.30. The van der Waals surface area contributed by atoms with Crippen LogP contribution in [0.25, 0.3) is 0 Å². The summed E-state index contributed by atoms with van der Waals surface area (Å²) in [6.45, 7) is 2.06. The second kappa shape index (κ2) is 3.43. The largest absolute Gasteiger partial charge is 0.321 e. The highest BCUT2D eigenvalue weighted by Gasteiger charge is 2.27. The van der Waals surface area contributed by atoms with Crippen molar-refractivity contribution in [3.63, 3.8) is 0 Å². The summed E-state index contributed by atoms with van der Waals surface area (Å²) in [5.74, 6) is 0.286. The number of rotatable bonds is 1. The first-order valence-corrected chi connectivity index (χ1v) is 4.90. The van der Waals surface area contributed by atoms with E-state index in [0.29, 0.717) is 0 Å². The lowest BCUT2D eigenvalue weighted by atomic mass is 9.79. The zero-order chi connectivity index (χ0) is 10.0. The van der Waals surface area contributed by atoms with E-state index in [2.05, 4.69) is 49.4 Å². The molecule has 72 valence electrons. The molecule has 2 atom stereocenters. The van der Waals surface area contributed by atoms with Crippen LogP contribution in [0.1, 0.15) is 18.4 Å². The summed E-state index contributed by atoms with van der Waals surface area (Å²) in [7, 11) is 0. The fourth-order valence-electron chi connectivity index (χ4n) is 1.88. The fraction of sp³-hybridized carbons (Fsp3) is 0.231. The van der Waals surface area contributed by atoms with E-state index in [1.165, 1.54) is 5.56 Å². The number of hydrogen-bond donors (Lipinski definition) is 1. The first-order chi connectivity index (χ1) is 6.70. The predicted molar refractivity (Wildman–Crippen MR) is 60.1 cm³/mol. The van der Waals surface area contributed by atoms with Crippen LogP contribution < -0.4 is 5.73 Å². The van der Waals surface area contributed by atoms with Gasteiger partial charge >= 0.3 is 0 Å². The van der Waals surface area contributed by atoms with Crippen LogP contribution >= 0.6 is 0 Å². The summed E-state index contributed by atoms with van der Waals surface area (Å²) in [6, 6.07) is 10.4. The van der Waals surface area contributed by atoms with E-state index >= 15 is 0 Å². The Hall–Kier alpha value is -1.34. The van der Waals surface area contributed by atoms with Gasteiger partial charge in [0, 0.05) is 11.5 Å². The molecule has 0 aliphatic heterocycles. The zero-order valence-electron chi connectivity index (χ0n) is 8.35. The van der Waals surface area contributed by atoms with E-state index < -0.39 is 0 Å². The molecule has 2 rings (SSSR count). The smallest absolute Gasteiger partial charge is 0.0418 e. The molecular formula is C13H15N. The second-order valence-corrected chi connectivity index (χ2v) is 4.00. The number of benzene rings is 1. The molecular weight excluding hydrogens is 170 g/mol. The van der Waals surface area contributed by atoms with Gasteiger partial charge in [-0.05, 0) is 12.5 Å². The Morgan fingerprint density at radius 2 is 1.86 bits per heavy atom. The van der Waals surface area contributed by atoms with Gasteiger partial charge in [0.1, 0.15) is 0 Å². The third-order valence-corrected chi connectivity index (χ3v) is 2.70. The van der Waals surface area contributed by atoms with Crippen LogP contribution in [0.15, 0.2) is 54.6 Å². The maximum Gasteiger partial charge on any atom is 0.0418 e. The SMILES string of the molecule is CC1(N)C=CC=CC1c1ccccc1. The van der Waals surface area contributed by atoms with Crippen LogP contribution in [0, 0.1) is 0 Å². The highest BCUT2D eigenvalue weighted by atomic mass is 14.7. The van der Waals surface area contributed by atoms with E-state index in [1.54, 1.807) is 0 Å². The highest BCUT2D eigenvalue weighted by molar-refractivity contribution is 5.35. The molecule has 0 aromatic heterocycles. The maximum absolute atomic E-state index is 6.22. The Morgan fingerprint density at radius 1 is 1.14 bits per heavy atom. The number of allylic oxidation sites excluding steroid dienone is 2. The zero-order valence-corrected chi connectivity index (χ0v) is 8.35. The van der Waals surface area contributed by atoms with Gasteiger partial charge in [0.05, 0.1) is 0 Å². The first kappa shape index (κ1) is 9.22. The van der Waals surface area contributed by atoms with Crippen molar-refractivity contribution in [3.8, 4) is 0 Å². The Morgan fingerprint density at radius 3 is 2.50 bits per heavy atom. The topological polar surface area (TPSA) is 26.0 Å². The van der Waals surface area contributed by atoms with Gasteiger partial charge in [-0.25, -0.2) is 0 Å². The van der Waals surface area contributed by atoms with Gasteiger partial charge in [-0.3, -0.25) is 0 Å². The Labute approximate surface area is 84.9 Å². The first-order valence-electron chi connectivity index (χ1n) is 4.90. The van der Waals surface area contributed by atoms with Crippen molar-refractivity contribution >= 4 is 0 Å². The Bertz CT molecular complexity index is 360. The molecule has 1 nitrogen and oxygen atoms in total. The summed E-state index contributed by atoms with van der Waals surface area (Å²) in [5, 5.41) is 0. The molecule has 0 bridgehead atoms. The molecule has 1 aromatic rings. The van der Waals surface area contributed by atoms with E-state index in [4.69, 9.17) is 5.73 Å². The molecule has 1 aliphatic rings. The average molecular weight is 185 g/mol. The minimum absolute atomic E-state index is 0.268. The minimum atomic E-state index is -0.268. The number of hydrogen-bond acceptors (Lipinski definition) is 1. The monoisotopic (exact) mass is 185 g/mol. The van der Waals surface area contributed by atoms with Crippen molar-refractivity contribution in [2.75, 3.05) is 0 Å². The van der Waals surface area contributed by atoms with Crippen molar-refractivity contribution in [3.05, 3.63) is 60.2 Å². The van der Waals surface area contributed by atoms with Gasteiger partial charge in [0.15, 0.2) is 0 Å². The van der Waals surface area contributed by atoms with E-state index in [-0.39, 0.29) is 11.5 Å². The van der Waals surface area contributed by atoms with Crippen molar-refractivity contribution in [1.82, 2.24) is 0 Å². The summed E-state index contributed by atoms with van der Waals surface area (Å²) in [5.41, 5.74) is 7.22. The highest BCUT2D eigenvalue weighted by Crippen LogP contribution is 2.31. The van der Waals surface area contributed by atoms with Crippen molar-refractivity contribution < 1.29 is 0 Å². The average Bonchev–Trinajstić information content (AvgIpc) is 2.18. The Kier molecular flexibility index (Phi) is 2.26. The lowest BCUT2D eigenvalue weighted by molar-refractivity contribution is 0.519. The summed E-state index contributed by atoms with van der Waals surface area (Å²) < 4.78 is 0. The van der Waals surface area contributed by atoms with Crippen LogP contribution in [0.2, 0.25) is 0 Å². The van der Waals surface area contributed by atoms with Gasteiger partial charge in [-0.15, -0.1) is 0 Å². The minimum Gasteiger partial charge on any atom is -0.321 e. The molecule has 2 N–H and O–H groups in total. The molecule has 1 heteroatoms. The van der Waals surface area contributed by atoms with Gasteiger partial charge in [0.25, 0.3) is 0 Å². The fourth-order valence-corrected chi connectivity index (χ4v) is 1.88. The number of nitrogens with two attached hydrogens (primary N) is 1. The molecule has 0 saturated carbocycles. The standard InChI is InChI=1S/C13H15N/c1-13(14)10-6-5-9-12(13)11-7-3-2-4-8-11/h2-10,12H,14H2,1H3. The molecule has 0 fully saturated rings. The van der Waals surface area contributed by atoms with Gasteiger partial charge in [-0.1, -0.05) is 54.6 Å². The molecule has 1 aromatic carbocycles. The van der Waals surface area contributed by atoms with E-state index in [1.807, 2.05) is 12.1 Å². The predicted octanol–water partition coefficient (Wildman–Crippen LogP) is 2.61. The van der Waals surface area contributed by atoms with Gasteiger partial charge < -0.3 is 5.73 Å². The second-order valence-electron chi connectivity index (χ2n) is 4.00. The van der Waals surface area contributed by atoms with Gasteiger partial charge in [0.2, 0.25) is 0 Å². The molecule has 14 heavy (non-hydrogen) atoms. The molecule has 0 amide bonds. The normalized spacial score (nSPS) is 30.6. The van der Waals surface area contributed by atoms with Crippen LogP contribution in [0.5, 0.6) is 0 Å². The lowest BCUT2D eigenvalue weighted by Gasteiger charge is -2.31. The molecule has 0 radical (unpaired) electrons. The van der Waals surface area contributed by atoms with Gasteiger partial charge in [-0.2, -0.15) is 0 Å². The lowest BCUT2D eigenvalue weighted by Crippen LogP contribution is -2.40. The summed E-state index contributed by atoms with van der Waals surface area (Å²) >= 11 is 0. The van der Waals surface area contributed by atoms with Crippen molar-refractivity contribution in [2.45, 2.75) is 18.4 Å². The third kappa shape index (κ3) is 1.64. The molecule has 0 saturated heterocycles. The summed E-state index contributed by atoms with van der Waals surface area (Å²) in [4.78, 5) is 0. The van der Waals surface area contributed by atoms with E-state index in [0.717, 1.165) is 0 Å². The van der Waals surface area contributed by atoms with Crippen LogP contribution in [-0.2, 0) is 0 Å². The quantitative estimate of drug-likeness (QED) is 0.715. The third-order valence-electron chi connectivity index (χ3n) is 2.70. The maximum atomic E-state index is 6.22. The van der Waals surface area contributed by atoms with Crippen molar-refractivity contribution in [1.29, 1.82) is 0 Å². The van der Waals surface area contributed by atoms with Crippen molar-refractivity contribution in [2.24, 2.45) is 5.73 Å². The molecule has 1 aliphatic carbocycles.